The zero-order valence-electron chi connectivity index (χ0n) is 1.77. The van der Waals surface area contributed by atoms with Crippen molar-refractivity contribution in [1.29, 1.82) is 0 Å². The van der Waals surface area contributed by atoms with Crippen LogP contribution in [0.15, 0.2) is 0 Å². The Morgan fingerprint density at radius 1 is 1.75 bits per heavy atom. The van der Waals surface area contributed by atoms with Gasteiger partial charge in [-0.3, -0.25) is 7.86 Å². The normalized spacial score (nSPS) is 6.00. The molecule has 0 heterocycles. The molecule has 0 aromatic heterocycles. The summed E-state index contributed by atoms with van der Waals surface area (Å²) in [6, 6.07) is 0. The van der Waals surface area contributed by atoms with E-state index in [1.807, 2.05) is 0 Å². The molecule has 0 aliphatic carbocycles. The first kappa shape index (κ1) is 4.20. The van der Waals surface area contributed by atoms with Gasteiger partial charge in [-0.1, -0.05) is 0 Å². The summed E-state index contributed by atoms with van der Waals surface area (Å²) >= 11 is -1.32. The maximum absolute atomic E-state index is 9.04. The van der Waals surface area contributed by atoms with Crippen molar-refractivity contribution < 1.29 is 7.86 Å². The highest BCUT2D eigenvalue weighted by atomic mass is 127. The summed E-state index contributed by atoms with van der Waals surface area (Å²) in [6.45, 7) is 0. The number of hydrogen-bond donors (Lipinski definition) is 0. The SMILES string of the molecule is O=CI=O. The van der Waals surface area contributed by atoms with Gasteiger partial charge in [0, 0.05) is 0 Å². The highest BCUT2D eigenvalue weighted by Gasteiger charge is 1.50. The first-order valence-electron chi connectivity index (χ1n) is 0.608. The molecule has 0 spiro atoms. The first-order chi connectivity index (χ1) is 1.91. The van der Waals surface area contributed by atoms with Crippen molar-refractivity contribution in [3.8, 4) is 0 Å². The van der Waals surface area contributed by atoms with E-state index in [0.717, 1.165) is 0 Å². The van der Waals surface area contributed by atoms with Gasteiger partial charge in [-0.15, -0.1) is 0 Å². The molecular weight excluding hydrogens is 171 g/mol. The minimum Gasteiger partial charge on any atom is -0.289 e. The third-order valence-corrected chi connectivity index (χ3v) is 0.244. The Labute approximate surface area is 33.8 Å². The van der Waals surface area contributed by atoms with Crippen LogP contribution in [0, 0.1) is 0 Å². The fourth-order valence-electron chi connectivity index (χ4n) is 0. The molecule has 0 saturated carbocycles. The van der Waals surface area contributed by atoms with Gasteiger partial charge in [0.15, 0.2) is 0 Å². The molecule has 0 aliphatic rings. The highest BCUT2D eigenvalue weighted by Crippen LogP contribution is 1.73. The van der Waals surface area contributed by atoms with Gasteiger partial charge >= 0.3 is 0 Å². The summed E-state index contributed by atoms with van der Waals surface area (Å²) in [7, 11) is 0. The van der Waals surface area contributed by atoms with Crippen molar-refractivity contribution in [2.45, 2.75) is 0 Å². The lowest BCUT2D eigenvalue weighted by Crippen LogP contribution is -1.28. The van der Waals surface area contributed by atoms with Gasteiger partial charge in [0.25, 0.3) is 0 Å². The fraction of sp³-hybridized carbons (Fsp3) is 0. The van der Waals surface area contributed by atoms with Crippen LogP contribution in [-0.2, 0) is 7.86 Å². The Morgan fingerprint density at radius 3 is 2.00 bits per heavy atom. The van der Waals surface area contributed by atoms with Crippen LogP contribution in [0.25, 0.3) is 0 Å². The third-order valence-electron chi connectivity index (χ3n) is 0.0364. The average Bonchev–Trinajstić information content (AvgIpc) is 1.37. The van der Waals surface area contributed by atoms with Gasteiger partial charge < -0.3 is 0 Å². The molecule has 2 nitrogen and oxygen atoms in total. The number of hydrogen-bond acceptors (Lipinski definition) is 2. The molecule has 0 amide bonds. The van der Waals surface area contributed by atoms with Gasteiger partial charge in [-0.2, -0.15) is 0 Å². The number of carbonyl (C=O) groups is 1. The monoisotopic (exact) mass is 172 g/mol. The molecule has 0 aromatic carbocycles. The molecule has 0 aliphatic heterocycles. The van der Waals surface area contributed by atoms with E-state index in [9.17, 15) is 0 Å². The Kier molecular flexibility index (Phi) is 3.36. The van der Waals surface area contributed by atoms with Crippen LogP contribution < -0.4 is 0 Å². The van der Waals surface area contributed by atoms with Crippen molar-refractivity contribution in [3.05, 3.63) is 0 Å². The zero-order chi connectivity index (χ0) is 3.41. The largest absolute Gasteiger partial charge is 0.289 e. The quantitative estimate of drug-likeness (QED) is 0.327. The Balaban J connectivity index is 2.73. The summed E-state index contributed by atoms with van der Waals surface area (Å²) < 4.78 is 9.47. The summed E-state index contributed by atoms with van der Waals surface area (Å²) in [5, 5.41) is 0. The number of carbonyl (C=O) groups excluding carboxylic acids is 1. The van der Waals surface area contributed by atoms with Crippen molar-refractivity contribution in [2.24, 2.45) is 0 Å². The van der Waals surface area contributed by atoms with Crippen molar-refractivity contribution in [3.63, 3.8) is 0 Å². The maximum atomic E-state index is 9.04. The molecule has 4 heavy (non-hydrogen) atoms. The lowest BCUT2D eigenvalue weighted by atomic mass is 11.9. The molecule has 0 saturated heterocycles. The predicted molar refractivity (Wildman–Crippen MR) is 21.5 cm³/mol. The summed E-state index contributed by atoms with van der Waals surface area (Å²) in [5.41, 5.74) is 0. The topological polar surface area (TPSA) is 34.1 Å². The molecule has 0 aromatic rings. The lowest BCUT2D eigenvalue weighted by molar-refractivity contribution is 0.571. The summed E-state index contributed by atoms with van der Waals surface area (Å²) in [4.78, 5) is 8.91. The first-order valence-corrected chi connectivity index (χ1v) is 2.73. The van der Waals surface area contributed by atoms with E-state index in [1.54, 1.807) is 0 Å². The zero-order valence-corrected chi connectivity index (χ0v) is 3.93. The second-order valence-electron chi connectivity index (χ2n) is 0.178. The van der Waals surface area contributed by atoms with Gasteiger partial charge in [0.1, 0.15) is 0 Å². The average molecular weight is 172 g/mol. The highest BCUT2D eigenvalue weighted by molar-refractivity contribution is 14.2. The van der Waals surface area contributed by atoms with Crippen LogP contribution in [0.5, 0.6) is 0 Å². The second-order valence-corrected chi connectivity index (χ2v) is 1.20. The van der Waals surface area contributed by atoms with Crippen LogP contribution in [0.3, 0.4) is 0 Å². The van der Waals surface area contributed by atoms with Crippen LogP contribution >= 0.6 is 21.2 Å². The Morgan fingerprint density at radius 2 is 2.00 bits per heavy atom. The molecular formula is CHIO2. The third kappa shape index (κ3) is 2.20. The molecule has 0 fully saturated rings. The molecule has 0 rings (SSSR count). The lowest BCUT2D eigenvalue weighted by Gasteiger charge is -1.28. The smallest absolute Gasteiger partial charge is 0.218 e. The van der Waals surface area contributed by atoms with Gasteiger partial charge in [0.2, 0.25) is 25.5 Å². The number of halogens is 1. The molecule has 0 atom stereocenters. The molecule has 0 unspecified atom stereocenters. The minimum atomic E-state index is -1.32. The Hall–Kier alpha value is 0.200. The Bertz CT molecular complexity index is 27.0. The summed E-state index contributed by atoms with van der Waals surface area (Å²) in [6.07, 6.45) is 0. The number of rotatable bonds is 1. The van der Waals surface area contributed by atoms with Gasteiger partial charge in [-0.05, 0) is 0 Å². The second kappa shape index (κ2) is 3.20. The van der Waals surface area contributed by atoms with Crippen molar-refractivity contribution in [2.75, 3.05) is 0 Å². The fourth-order valence-corrected chi connectivity index (χ4v) is 0. The molecule has 0 bridgehead atoms. The van der Waals surface area contributed by atoms with Crippen LogP contribution in [0.2, 0.25) is 0 Å². The summed E-state index contributed by atoms with van der Waals surface area (Å²) in [5.74, 6) is 0. The van der Waals surface area contributed by atoms with Crippen LogP contribution in [0.4, 0.5) is 0 Å². The van der Waals surface area contributed by atoms with E-state index in [4.69, 9.17) is 7.86 Å². The maximum Gasteiger partial charge on any atom is 0.218 e. The van der Waals surface area contributed by atoms with Crippen molar-refractivity contribution >= 4 is 25.5 Å². The van der Waals surface area contributed by atoms with Crippen LogP contribution in [0.1, 0.15) is 0 Å². The molecule has 0 radical (unpaired) electrons. The molecule has 0 N–H and O–H groups in total. The van der Waals surface area contributed by atoms with E-state index < -0.39 is 21.2 Å². The molecule has 24 valence electrons. The van der Waals surface area contributed by atoms with E-state index in [0.29, 0.717) is 4.29 Å². The minimum absolute atomic E-state index is 0.429. The van der Waals surface area contributed by atoms with E-state index in [2.05, 4.69) is 0 Å². The van der Waals surface area contributed by atoms with Crippen molar-refractivity contribution in [1.82, 2.24) is 0 Å². The molecule has 3 heteroatoms. The predicted octanol–water partition coefficient (Wildman–Crippen LogP) is 0.493. The van der Waals surface area contributed by atoms with E-state index >= 15 is 0 Å². The van der Waals surface area contributed by atoms with Gasteiger partial charge in [-0.25, -0.2) is 0 Å². The van der Waals surface area contributed by atoms with Gasteiger partial charge in [0.05, 0.1) is 0 Å². The van der Waals surface area contributed by atoms with Crippen LogP contribution in [-0.4, -0.2) is 4.29 Å². The van der Waals surface area contributed by atoms with E-state index in [-0.39, 0.29) is 0 Å². The van der Waals surface area contributed by atoms with E-state index in [1.165, 1.54) is 0 Å². The standard InChI is InChI=1S/CHIO2/c3-1-2-4/h1H.